The summed E-state index contributed by atoms with van der Waals surface area (Å²) in [5.74, 6) is 1.78. The van der Waals surface area contributed by atoms with Gasteiger partial charge in [0.2, 0.25) is 0 Å². The fourth-order valence-electron chi connectivity index (χ4n) is 9.77. The zero-order chi connectivity index (χ0) is 36.8. The summed E-state index contributed by atoms with van der Waals surface area (Å²) in [6, 6.07) is 53.5. The van der Waals surface area contributed by atoms with Crippen molar-refractivity contribution in [3.63, 3.8) is 0 Å². The fourth-order valence-corrected chi connectivity index (χ4v) is 9.77. The molecule has 0 radical (unpaired) electrons. The maximum absolute atomic E-state index is 6.29. The molecule has 0 bridgehead atoms. The van der Waals surface area contributed by atoms with Gasteiger partial charge in [-0.1, -0.05) is 135 Å². The van der Waals surface area contributed by atoms with Gasteiger partial charge in [-0.05, 0) is 82.6 Å². The van der Waals surface area contributed by atoms with Crippen molar-refractivity contribution in [3.8, 4) is 56.4 Å². The molecule has 266 valence electrons. The Hall–Kier alpha value is -6.85. The lowest BCUT2D eigenvalue weighted by molar-refractivity contribution is 0.353. The standard InChI is InChI=1S/C51H35N3O2/c1-8-27-51(28-9-1)42-16-5-2-11-36(42)41-15-10-14-35(47(41)51)31-19-21-32(22-20-31)48-52-49(33-23-25-39-37-12-3-6-17-43(37)55-45(39)29-33)54-50(53-48)34-24-26-40-38-13-4-7-18-44(38)56-46(40)30-34/h2-7,10-26,29-30H,1,8-9,27-28H2. The molecule has 12 rings (SSSR count). The molecule has 1 fully saturated rings. The van der Waals surface area contributed by atoms with Crippen molar-refractivity contribution in [2.45, 2.75) is 37.5 Å². The van der Waals surface area contributed by atoms with Crippen molar-refractivity contribution >= 4 is 43.9 Å². The third-order valence-electron chi connectivity index (χ3n) is 12.3. The van der Waals surface area contributed by atoms with E-state index in [1.165, 1.54) is 65.5 Å². The molecule has 0 amide bonds. The number of furan rings is 2. The summed E-state index contributed by atoms with van der Waals surface area (Å²) in [4.78, 5) is 15.3. The van der Waals surface area contributed by atoms with Gasteiger partial charge in [0.15, 0.2) is 17.5 Å². The summed E-state index contributed by atoms with van der Waals surface area (Å²) < 4.78 is 12.6. The van der Waals surface area contributed by atoms with Crippen molar-refractivity contribution < 1.29 is 8.83 Å². The van der Waals surface area contributed by atoms with Gasteiger partial charge < -0.3 is 8.83 Å². The van der Waals surface area contributed by atoms with Gasteiger partial charge in [0, 0.05) is 43.7 Å². The molecule has 10 aromatic rings. The van der Waals surface area contributed by atoms with Crippen LogP contribution in [0.3, 0.4) is 0 Å². The Morgan fingerprint density at radius 3 is 1.50 bits per heavy atom. The monoisotopic (exact) mass is 721 g/mol. The lowest BCUT2D eigenvalue weighted by atomic mass is 9.66. The zero-order valence-corrected chi connectivity index (χ0v) is 30.6. The van der Waals surface area contributed by atoms with Gasteiger partial charge in [0.25, 0.3) is 0 Å². The Morgan fingerprint density at radius 2 is 0.857 bits per heavy atom. The topological polar surface area (TPSA) is 65.0 Å². The number of hydrogen-bond donors (Lipinski definition) is 0. The van der Waals surface area contributed by atoms with Crippen molar-refractivity contribution in [2.75, 3.05) is 0 Å². The highest BCUT2D eigenvalue weighted by atomic mass is 16.3. The molecule has 0 aliphatic heterocycles. The average molecular weight is 722 g/mol. The van der Waals surface area contributed by atoms with Crippen molar-refractivity contribution in [1.82, 2.24) is 15.0 Å². The second-order valence-electron chi connectivity index (χ2n) is 15.4. The highest BCUT2D eigenvalue weighted by Gasteiger charge is 2.45. The van der Waals surface area contributed by atoms with Crippen molar-refractivity contribution in [2.24, 2.45) is 0 Å². The summed E-state index contributed by atoms with van der Waals surface area (Å²) in [6.07, 6.45) is 6.23. The van der Waals surface area contributed by atoms with E-state index in [1.54, 1.807) is 0 Å². The van der Waals surface area contributed by atoms with Crippen LogP contribution in [0.2, 0.25) is 0 Å². The highest BCUT2D eigenvalue weighted by Crippen LogP contribution is 2.58. The van der Waals surface area contributed by atoms with Gasteiger partial charge in [0.1, 0.15) is 22.3 Å². The number of aromatic nitrogens is 3. The molecule has 2 aliphatic carbocycles. The lowest BCUT2D eigenvalue weighted by Crippen LogP contribution is -2.28. The Bertz CT molecular complexity index is 3050. The first kappa shape index (κ1) is 31.5. The predicted molar refractivity (Wildman–Crippen MR) is 225 cm³/mol. The van der Waals surface area contributed by atoms with Crippen LogP contribution >= 0.6 is 0 Å². The summed E-state index contributed by atoms with van der Waals surface area (Å²) >= 11 is 0. The SMILES string of the molecule is c1ccc2c(c1)-c1cccc(-c3ccc(-c4nc(-c5ccc6c(c5)oc5ccccc56)nc(-c5ccc6c(c5)oc5ccccc56)n4)cc3)c1C21CCCCC1. The first-order valence-corrected chi connectivity index (χ1v) is 19.6. The molecule has 3 heterocycles. The van der Waals surface area contributed by atoms with Crippen LogP contribution in [0.15, 0.2) is 160 Å². The molecule has 1 spiro atoms. The first-order chi connectivity index (χ1) is 27.7. The summed E-state index contributed by atoms with van der Waals surface area (Å²) in [6.45, 7) is 0. The van der Waals surface area contributed by atoms with Gasteiger partial charge in [-0.15, -0.1) is 0 Å². The molecular weight excluding hydrogens is 687 g/mol. The van der Waals surface area contributed by atoms with E-state index in [9.17, 15) is 0 Å². The van der Waals surface area contributed by atoms with Crippen molar-refractivity contribution in [3.05, 3.63) is 163 Å². The lowest BCUT2D eigenvalue weighted by Gasteiger charge is -2.37. The predicted octanol–water partition coefficient (Wildman–Crippen LogP) is 13.6. The van der Waals surface area contributed by atoms with Crippen LogP contribution in [-0.2, 0) is 5.41 Å². The highest BCUT2D eigenvalue weighted by molar-refractivity contribution is 6.06. The van der Waals surface area contributed by atoms with Crippen LogP contribution < -0.4 is 0 Å². The number of fused-ring (bicyclic) bond motifs is 11. The molecule has 5 heteroatoms. The molecule has 0 saturated heterocycles. The molecule has 0 unspecified atom stereocenters. The number of benzene rings is 7. The molecule has 3 aromatic heterocycles. The maximum atomic E-state index is 6.29. The quantitative estimate of drug-likeness (QED) is 0.181. The van der Waals surface area contributed by atoms with Crippen LogP contribution in [0.4, 0.5) is 0 Å². The van der Waals surface area contributed by atoms with E-state index in [0.29, 0.717) is 17.5 Å². The number of para-hydroxylation sites is 2. The molecular formula is C51H35N3O2. The summed E-state index contributed by atoms with van der Waals surface area (Å²) in [5.41, 5.74) is 14.4. The number of nitrogens with zero attached hydrogens (tertiary/aromatic N) is 3. The van der Waals surface area contributed by atoms with Gasteiger partial charge >= 0.3 is 0 Å². The largest absolute Gasteiger partial charge is 0.456 e. The average Bonchev–Trinajstić information content (AvgIpc) is 3.92. The normalized spacial score (nSPS) is 14.6. The van der Waals surface area contributed by atoms with Gasteiger partial charge in [-0.25, -0.2) is 15.0 Å². The minimum atomic E-state index is 0.0688. The van der Waals surface area contributed by atoms with Crippen LogP contribution in [0.25, 0.3) is 100 Å². The molecule has 7 aromatic carbocycles. The second kappa shape index (κ2) is 12.1. The molecule has 5 nitrogen and oxygen atoms in total. The molecule has 2 aliphatic rings. The minimum absolute atomic E-state index is 0.0688. The van der Waals surface area contributed by atoms with E-state index in [0.717, 1.165) is 60.6 Å². The third kappa shape index (κ3) is 4.70. The summed E-state index contributed by atoms with van der Waals surface area (Å²) in [5, 5.41) is 4.31. The first-order valence-electron chi connectivity index (χ1n) is 19.6. The van der Waals surface area contributed by atoms with Crippen LogP contribution in [0, 0.1) is 0 Å². The van der Waals surface area contributed by atoms with Gasteiger partial charge in [-0.3, -0.25) is 0 Å². The van der Waals surface area contributed by atoms with E-state index in [-0.39, 0.29) is 5.41 Å². The van der Waals surface area contributed by atoms with E-state index >= 15 is 0 Å². The molecule has 0 N–H and O–H groups in total. The van der Waals surface area contributed by atoms with E-state index in [1.807, 2.05) is 48.5 Å². The van der Waals surface area contributed by atoms with Crippen LogP contribution in [0.5, 0.6) is 0 Å². The Labute approximate surface area is 323 Å². The van der Waals surface area contributed by atoms with Crippen LogP contribution in [-0.4, -0.2) is 15.0 Å². The van der Waals surface area contributed by atoms with E-state index in [2.05, 4.69) is 103 Å². The smallest absolute Gasteiger partial charge is 0.164 e. The summed E-state index contributed by atoms with van der Waals surface area (Å²) in [7, 11) is 0. The van der Waals surface area contributed by atoms with Gasteiger partial charge in [0.05, 0.1) is 0 Å². The van der Waals surface area contributed by atoms with E-state index in [4.69, 9.17) is 23.8 Å². The number of hydrogen-bond acceptors (Lipinski definition) is 5. The van der Waals surface area contributed by atoms with Crippen molar-refractivity contribution in [1.29, 1.82) is 0 Å². The molecule has 1 saturated carbocycles. The second-order valence-corrected chi connectivity index (χ2v) is 15.4. The Kier molecular flexibility index (Phi) is 6.79. The molecule has 0 atom stereocenters. The Balaban J connectivity index is 0.994. The maximum Gasteiger partial charge on any atom is 0.164 e. The Morgan fingerprint density at radius 1 is 0.375 bits per heavy atom. The third-order valence-corrected chi connectivity index (χ3v) is 12.3. The minimum Gasteiger partial charge on any atom is -0.456 e. The number of rotatable bonds is 4. The zero-order valence-electron chi connectivity index (χ0n) is 30.6. The molecule has 56 heavy (non-hydrogen) atoms. The van der Waals surface area contributed by atoms with Gasteiger partial charge in [-0.2, -0.15) is 0 Å². The van der Waals surface area contributed by atoms with Crippen LogP contribution in [0.1, 0.15) is 43.2 Å². The van der Waals surface area contributed by atoms with E-state index < -0.39 is 0 Å². The fraction of sp³-hybridized carbons (Fsp3) is 0.118.